The molecule has 3 rings (SSSR count). The molecule has 3 aliphatic carbocycles. The Labute approximate surface area is 113 Å². The molecule has 0 aromatic heterocycles. The van der Waals surface area contributed by atoms with Crippen molar-refractivity contribution in [3.8, 4) is 0 Å². The summed E-state index contributed by atoms with van der Waals surface area (Å²) >= 11 is 0. The first kappa shape index (κ1) is 13.0. The van der Waals surface area contributed by atoms with Crippen LogP contribution in [0, 0.1) is 11.8 Å². The second-order valence-electron chi connectivity index (χ2n) is 7.10. The summed E-state index contributed by atoms with van der Waals surface area (Å²) in [7, 11) is 0. The van der Waals surface area contributed by atoms with Crippen LogP contribution in [0.25, 0.3) is 0 Å². The number of hydrogen-bond donors (Lipinski definition) is 1. The smallest absolute Gasteiger partial charge is 0.0101 e. The third-order valence-corrected chi connectivity index (χ3v) is 5.88. The first-order valence-corrected chi connectivity index (χ1v) is 8.69. The van der Waals surface area contributed by atoms with E-state index in [1.165, 1.54) is 83.5 Å². The Hall–Kier alpha value is -0.0400. The van der Waals surface area contributed by atoms with Gasteiger partial charge in [0, 0.05) is 12.1 Å². The van der Waals surface area contributed by atoms with E-state index < -0.39 is 0 Å². The maximum Gasteiger partial charge on any atom is 0.0101 e. The third-order valence-electron chi connectivity index (χ3n) is 5.88. The van der Waals surface area contributed by atoms with Gasteiger partial charge < -0.3 is 5.32 Å². The Morgan fingerprint density at radius 2 is 1.17 bits per heavy atom. The molecule has 3 fully saturated rings. The highest BCUT2D eigenvalue weighted by Crippen LogP contribution is 2.39. The molecule has 2 atom stereocenters. The summed E-state index contributed by atoms with van der Waals surface area (Å²) in [5.41, 5.74) is 0. The normalized spacial score (nSPS) is 36.0. The summed E-state index contributed by atoms with van der Waals surface area (Å²) < 4.78 is 0. The van der Waals surface area contributed by atoms with Crippen molar-refractivity contribution in [2.45, 2.75) is 95.6 Å². The summed E-state index contributed by atoms with van der Waals surface area (Å²) in [4.78, 5) is 0. The van der Waals surface area contributed by atoms with E-state index in [1.54, 1.807) is 0 Å². The first-order chi connectivity index (χ1) is 8.93. The monoisotopic (exact) mass is 249 g/mol. The third kappa shape index (κ3) is 3.10. The lowest BCUT2D eigenvalue weighted by Gasteiger charge is -2.40. The zero-order valence-corrected chi connectivity index (χ0v) is 12.0. The lowest BCUT2D eigenvalue weighted by atomic mass is 9.71. The molecule has 1 heteroatoms. The van der Waals surface area contributed by atoms with Gasteiger partial charge in [0.2, 0.25) is 0 Å². The molecule has 3 aliphatic rings. The van der Waals surface area contributed by atoms with Crippen LogP contribution < -0.4 is 5.32 Å². The van der Waals surface area contributed by atoms with E-state index in [2.05, 4.69) is 5.32 Å². The number of hydrogen-bond acceptors (Lipinski definition) is 1. The van der Waals surface area contributed by atoms with Crippen molar-refractivity contribution in [3.63, 3.8) is 0 Å². The maximum atomic E-state index is 4.07. The standard InChI is InChI=1S/C17H31N/c1-2-8-14(9-3-1)16-12-6-7-13-17(16)18-15-10-4-5-11-15/h14-18H,1-13H2. The summed E-state index contributed by atoms with van der Waals surface area (Å²) in [6, 6.07) is 1.75. The van der Waals surface area contributed by atoms with Crippen LogP contribution in [-0.2, 0) is 0 Å². The fourth-order valence-electron chi connectivity index (χ4n) is 4.89. The Balaban J connectivity index is 1.57. The highest BCUT2D eigenvalue weighted by molar-refractivity contribution is 4.89. The van der Waals surface area contributed by atoms with E-state index in [1.807, 2.05) is 0 Å². The molecule has 0 aromatic carbocycles. The van der Waals surface area contributed by atoms with E-state index >= 15 is 0 Å². The van der Waals surface area contributed by atoms with Crippen LogP contribution in [-0.4, -0.2) is 12.1 Å². The minimum atomic E-state index is 0.874. The first-order valence-electron chi connectivity index (χ1n) is 8.69. The fourth-order valence-corrected chi connectivity index (χ4v) is 4.89. The van der Waals surface area contributed by atoms with Gasteiger partial charge in [0.25, 0.3) is 0 Å². The van der Waals surface area contributed by atoms with E-state index in [-0.39, 0.29) is 0 Å². The summed E-state index contributed by atoms with van der Waals surface area (Å²) in [5, 5.41) is 4.07. The van der Waals surface area contributed by atoms with Gasteiger partial charge >= 0.3 is 0 Å². The topological polar surface area (TPSA) is 12.0 Å². The number of rotatable bonds is 3. The van der Waals surface area contributed by atoms with Crippen LogP contribution in [0.1, 0.15) is 83.5 Å². The molecule has 2 unspecified atom stereocenters. The summed E-state index contributed by atoms with van der Waals surface area (Å²) in [5.74, 6) is 2.10. The molecule has 18 heavy (non-hydrogen) atoms. The van der Waals surface area contributed by atoms with Crippen molar-refractivity contribution >= 4 is 0 Å². The predicted octanol–water partition coefficient (Wildman–Crippen LogP) is 4.66. The average Bonchev–Trinajstić information content (AvgIpc) is 2.93. The zero-order valence-electron chi connectivity index (χ0n) is 12.0. The van der Waals surface area contributed by atoms with E-state index in [4.69, 9.17) is 0 Å². The summed E-state index contributed by atoms with van der Waals surface area (Å²) in [6.07, 6.45) is 19.4. The Morgan fingerprint density at radius 1 is 0.556 bits per heavy atom. The highest BCUT2D eigenvalue weighted by atomic mass is 15.0. The van der Waals surface area contributed by atoms with Gasteiger partial charge in [-0.3, -0.25) is 0 Å². The van der Waals surface area contributed by atoms with Crippen LogP contribution >= 0.6 is 0 Å². The van der Waals surface area contributed by atoms with Crippen molar-refractivity contribution in [2.75, 3.05) is 0 Å². The molecule has 104 valence electrons. The van der Waals surface area contributed by atoms with Gasteiger partial charge in [-0.15, -0.1) is 0 Å². The van der Waals surface area contributed by atoms with Gasteiger partial charge in [0.15, 0.2) is 0 Å². The Kier molecular flexibility index (Phi) is 4.62. The minimum Gasteiger partial charge on any atom is -0.311 e. The SMILES string of the molecule is C1CCC(C2CCCCC2NC2CCCC2)CC1. The van der Waals surface area contributed by atoms with Crippen LogP contribution in [0.15, 0.2) is 0 Å². The number of nitrogens with one attached hydrogen (secondary N) is 1. The average molecular weight is 249 g/mol. The van der Waals surface area contributed by atoms with E-state index in [9.17, 15) is 0 Å². The molecule has 1 N–H and O–H groups in total. The van der Waals surface area contributed by atoms with E-state index in [0.717, 1.165) is 23.9 Å². The van der Waals surface area contributed by atoms with Crippen molar-refractivity contribution in [3.05, 3.63) is 0 Å². The second-order valence-corrected chi connectivity index (χ2v) is 7.10. The zero-order chi connectivity index (χ0) is 12.2. The lowest BCUT2D eigenvalue weighted by Crippen LogP contribution is -2.46. The molecule has 0 aromatic rings. The van der Waals surface area contributed by atoms with Gasteiger partial charge in [-0.1, -0.05) is 57.8 Å². The van der Waals surface area contributed by atoms with Crippen molar-refractivity contribution in [1.29, 1.82) is 0 Å². The van der Waals surface area contributed by atoms with Crippen molar-refractivity contribution in [1.82, 2.24) is 5.32 Å². The lowest BCUT2D eigenvalue weighted by molar-refractivity contribution is 0.142. The summed E-state index contributed by atoms with van der Waals surface area (Å²) in [6.45, 7) is 0. The van der Waals surface area contributed by atoms with Crippen LogP contribution in [0.4, 0.5) is 0 Å². The molecular formula is C17H31N. The molecule has 3 saturated carbocycles. The molecule has 0 aliphatic heterocycles. The molecule has 0 spiro atoms. The largest absolute Gasteiger partial charge is 0.311 e. The van der Waals surface area contributed by atoms with Crippen LogP contribution in [0.2, 0.25) is 0 Å². The quantitative estimate of drug-likeness (QED) is 0.767. The molecule has 0 amide bonds. The van der Waals surface area contributed by atoms with Gasteiger partial charge in [-0.2, -0.15) is 0 Å². The van der Waals surface area contributed by atoms with Crippen LogP contribution in [0.3, 0.4) is 0 Å². The Bertz CT molecular complexity index is 238. The molecule has 0 bridgehead atoms. The van der Waals surface area contributed by atoms with Gasteiger partial charge in [0.1, 0.15) is 0 Å². The Morgan fingerprint density at radius 3 is 1.94 bits per heavy atom. The van der Waals surface area contributed by atoms with Gasteiger partial charge in [0.05, 0.1) is 0 Å². The van der Waals surface area contributed by atoms with E-state index in [0.29, 0.717) is 0 Å². The molecule has 0 radical (unpaired) electrons. The molecular weight excluding hydrogens is 218 g/mol. The second kappa shape index (κ2) is 6.41. The fraction of sp³-hybridized carbons (Fsp3) is 1.00. The van der Waals surface area contributed by atoms with Crippen LogP contribution in [0.5, 0.6) is 0 Å². The predicted molar refractivity (Wildman–Crippen MR) is 77.7 cm³/mol. The highest BCUT2D eigenvalue weighted by Gasteiger charge is 2.33. The minimum absolute atomic E-state index is 0.874. The van der Waals surface area contributed by atoms with Gasteiger partial charge in [-0.25, -0.2) is 0 Å². The van der Waals surface area contributed by atoms with Crippen molar-refractivity contribution < 1.29 is 0 Å². The van der Waals surface area contributed by atoms with Crippen molar-refractivity contribution in [2.24, 2.45) is 11.8 Å². The molecule has 0 heterocycles. The molecule has 1 nitrogen and oxygen atoms in total. The maximum absolute atomic E-state index is 4.07. The molecule has 0 saturated heterocycles. The van der Waals surface area contributed by atoms with Gasteiger partial charge in [-0.05, 0) is 37.5 Å².